The first-order valence-corrected chi connectivity index (χ1v) is 6.95. The van der Waals surface area contributed by atoms with E-state index in [2.05, 4.69) is 17.4 Å². The molecule has 4 nitrogen and oxygen atoms in total. The van der Waals surface area contributed by atoms with E-state index in [1.165, 1.54) is 19.4 Å². The van der Waals surface area contributed by atoms with E-state index in [9.17, 15) is 9.59 Å². The average Bonchev–Trinajstić information content (AvgIpc) is 2.35. The second-order valence-corrected chi connectivity index (χ2v) is 5.09. The molecule has 20 heavy (non-hydrogen) atoms. The lowest BCUT2D eigenvalue weighted by Gasteiger charge is -2.21. The van der Waals surface area contributed by atoms with Crippen LogP contribution in [-0.2, 0) is 20.7 Å². The molecule has 0 aliphatic rings. The van der Waals surface area contributed by atoms with E-state index in [-0.39, 0.29) is 24.0 Å². The fourth-order valence-corrected chi connectivity index (χ4v) is 2.23. The monoisotopic (exact) mass is 277 g/mol. The van der Waals surface area contributed by atoms with E-state index < -0.39 is 0 Å². The summed E-state index contributed by atoms with van der Waals surface area (Å²) in [7, 11) is 0. The largest absolute Gasteiger partial charge is 0.462 e. The van der Waals surface area contributed by atoms with Crippen molar-refractivity contribution in [1.82, 2.24) is 5.32 Å². The third-order valence-corrected chi connectivity index (χ3v) is 3.00. The molecule has 0 heterocycles. The summed E-state index contributed by atoms with van der Waals surface area (Å²) < 4.78 is 5.33. The van der Waals surface area contributed by atoms with E-state index in [0.717, 1.165) is 12.8 Å². The van der Waals surface area contributed by atoms with Crippen molar-refractivity contribution in [1.29, 1.82) is 0 Å². The van der Waals surface area contributed by atoms with Crippen molar-refractivity contribution in [2.45, 2.75) is 52.2 Å². The molecule has 2 unspecified atom stereocenters. The van der Waals surface area contributed by atoms with Crippen LogP contribution in [-0.4, -0.2) is 24.0 Å². The molecular weight excluding hydrogens is 254 g/mol. The van der Waals surface area contributed by atoms with Gasteiger partial charge in [-0.15, -0.1) is 0 Å². The van der Waals surface area contributed by atoms with Gasteiger partial charge < -0.3 is 10.1 Å². The second kappa shape index (κ2) is 8.35. The van der Waals surface area contributed by atoms with Gasteiger partial charge in [0.05, 0.1) is 0 Å². The number of hydrogen-bond donors (Lipinski definition) is 1. The molecule has 1 aromatic carbocycles. The molecule has 1 N–H and O–H groups in total. The van der Waals surface area contributed by atoms with E-state index in [1.54, 1.807) is 0 Å². The Bertz CT molecular complexity index is 431. The zero-order valence-corrected chi connectivity index (χ0v) is 12.4. The van der Waals surface area contributed by atoms with Crippen LogP contribution in [0, 0.1) is 0 Å². The first-order chi connectivity index (χ1) is 9.47. The summed E-state index contributed by atoms with van der Waals surface area (Å²) >= 11 is 0. The van der Waals surface area contributed by atoms with Gasteiger partial charge in [-0.1, -0.05) is 30.3 Å². The molecule has 0 saturated heterocycles. The molecule has 1 aromatic rings. The summed E-state index contributed by atoms with van der Waals surface area (Å²) in [5, 5.41) is 2.81. The predicted octanol–water partition coefficient (Wildman–Crippen LogP) is 2.47. The topological polar surface area (TPSA) is 55.4 Å². The molecule has 0 radical (unpaired) electrons. The van der Waals surface area contributed by atoms with Crippen LogP contribution in [0.3, 0.4) is 0 Å². The van der Waals surface area contributed by atoms with Crippen molar-refractivity contribution in [3.05, 3.63) is 35.9 Å². The van der Waals surface area contributed by atoms with Crippen LogP contribution < -0.4 is 5.32 Å². The van der Waals surface area contributed by atoms with E-state index in [4.69, 9.17) is 4.74 Å². The molecule has 1 rings (SSSR count). The Morgan fingerprint density at radius 1 is 1.20 bits per heavy atom. The highest BCUT2D eigenvalue weighted by Gasteiger charge is 2.16. The van der Waals surface area contributed by atoms with Crippen LogP contribution in [0.1, 0.15) is 39.2 Å². The number of nitrogens with one attached hydrogen (secondary N) is 1. The summed E-state index contributed by atoms with van der Waals surface area (Å²) in [5.74, 6) is -0.347. The Kier molecular flexibility index (Phi) is 6.77. The molecular formula is C16H23NO3. The highest BCUT2D eigenvalue weighted by atomic mass is 16.5. The Morgan fingerprint density at radius 2 is 1.85 bits per heavy atom. The molecule has 2 atom stereocenters. The number of carbonyl (C=O) groups is 2. The highest BCUT2D eigenvalue weighted by Crippen LogP contribution is 2.12. The number of amides is 1. The maximum atomic E-state index is 11.2. The number of benzene rings is 1. The smallest absolute Gasteiger partial charge is 0.302 e. The van der Waals surface area contributed by atoms with Gasteiger partial charge in [-0.2, -0.15) is 0 Å². The quantitative estimate of drug-likeness (QED) is 0.779. The number of hydrogen-bond acceptors (Lipinski definition) is 3. The molecule has 0 spiro atoms. The van der Waals surface area contributed by atoms with Crippen LogP contribution in [0.5, 0.6) is 0 Å². The minimum absolute atomic E-state index is 0.00683. The third-order valence-electron chi connectivity index (χ3n) is 3.00. The Labute approximate surface area is 120 Å². The molecule has 110 valence electrons. The predicted molar refractivity (Wildman–Crippen MR) is 78.2 cm³/mol. The summed E-state index contributed by atoms with van der Waals surface area (Å²) in [6.45, 7) is 4.82. The van der Waals surface area contributed by atoms with Crippen molar-refractivity contribution in [2.75, 3.05) is 0 Å². The molecule has 0 bridgehead atoms. The van der Waals surface area contributed by atoms with Gasteiger partial charge in [0.25, 0.3) is 0 Å². The first kappa shape index (κ1) is 16.2. The van der Waals surface area contributed by atoms with Gasteiger partial charge in [0.1, 0.15) is 6.10 Å². The van der Waals surface area contributed by atoms with Gasteiger partial charge in [0.15, 0.2) is 0 Å². The first-order valence-electron chi connectivity index (χ1n) is 6.95. The standard InChI is InChI=1S/C16H23NO3/c1-12(17-13(2)18)11-16(20-14(3)19)10-9-15-7-5-4-6-8-15/h4-8,12,16H,9-11H2,1-3H3,(H,17,18). The summed E-state index contributed by atoms with van der Waals surface area (Å²) in [6, 6.07) is 10.1. The average molecular weight is 277 g/mol. The SMILES string of the molecule is CC(=O)NC(C)CC(CCc1ccccc1)OC(C)=O. The normalized spacial score (nSPS) is 13.3. The number of aryl methyl sites for hydroxylation is 1. The van der Waals surface area contributed by atoms with Crippen molar-refractivity contribution < 1.29 is 14.3 Å². The zero-order valence-electron chi connectivity index (χ0n) is 12.4. The van der Waals surface area contributed by atoms with Crippen molar-refractivity contribution in [2.24, 2.45) is 0 Å². The molecule has 0 fully saturated rings. The lowest BCUT2D eigenvalue weighted by atomic mass is 10.0. The molecule has 0 saturated carbocycles. The summed E-state index contributed by atoms with van der Waals surface area (Å²) in [4.78, 5) is 22.2. The lowest BCUT2D eigenvalue weighted by Crippen LogP contribution is -2.34. The van der Waals surface area contributed by atoms with Crippen molar-refractivity contribution in [3.63, 3.8) is 0 Å². The minimum atomic E-state index is -0.280. The fourth-order valence-electron chi connectivity index (χ4n) is 2.23. The number of esters is 1. The van der Waals surface area contributed by atoms with Gasteiger partial charge in [0.2, 0.25) is 5.91 Å². The molecule has 1 amide bonds. The van der Waals surface area contributed by atoms with E-state index >= 15 is 0 Å². The lowest BCUT2D eigenvalue weighted by molar-refractivity contribution is -0.147. The maximum Gasteiger partial charge on any atom is 0.302 e. The third kappa shape index (κ3) is 6.92. The number of rotatable bonds is 7. The van der Waals surface area contributed by atoms with Gasteiger partial charge in [-0.05, 0) is 25.3 Å². The molecule has 0 aromatic heterocycles. The van der Waals surface area contributed by atoms with Crippen LogP contribution in [0.4, 0.5) is 0 Å². The maximum absolute atomic E-state index is 11.2. The van der Waals surface area contributed by atoms with Crippen molar-refractivity contribution >= 4 is 11.9 Å². The molecule has 0 aliphatic heterocycles. The Balaban J connectivity index is 2.51. The highest BCUT2D eigenvalue weighted by molar-refractivity contribution is 5.73. The van der Waals surface area contributed by atoms with Crippen LogP contribution in [0.25, 0.3) is 0 Å². The van der Waals surface area contributed by atoms with Gasteiger partial charge >= 0.3 is 5.97 Å². The molecule has 4 heteroatoms. The van der Waals surface area contributed by atoms with Crippen LogP contribution in [0.15, 0.2) is 30.3 Å². The van der Waals surface area contributed by atoms with E-state index in [1.807, 2.05) is 25.1 Å². The van der Waals surface area contributed by atoms with Crippen molar-refractivity contribution in [3.8, 4) is 0 Å². The number of carbonyl (C=O) groups excluding carboxylic acids is 2. The molecule has 0 aliphatic carbocycles. The van der Waals surface area contributed by atoms with Gasteiger partial charge in [0, 0.05) is 26.3 Å². The Hall–Kier alpha value is -1.84. The second-order valence-electron chi connectivity index (χ2n) is 5.09. The van der Waals surface area contributed by atoms with E-state index in [0.29, 0.717) is 6.42 Å². The van der Waals surface area contributed by atoms with Gasteiger partial charge in [-0.3, -0.25) is 9.59 Å². The number of ether oxygens (including phenoxy) is 1. The minimum Gasteiger partial charge on any atom is -0.462 e. The fraction of sp³-hybridized carbons (Fsp3) is 0.500. The summed E-state index contributed by atoms with van der Waals surface area (Å²) in [6.07, 6.45) is 2.07. The zero-order chi connectivity index (χ0) is 15.0. The van der Waals surface area contributed by atoms with Crippen LogP contribution >= 0.6 is 0 Å². The van der Waals surface area contributed by atoms with Gasteiger partial charge in [-0.25, -0.2) is 0 Å². The summed E-state index contributed by atoms with van der Waals surface area (Å²) in [5.41, 5.74) is 1.22. The van der Waals surface area contributed by atoms with Crippen LogP contribution in [0.2, 0.25) is 0 Å². The Morgan fingerprint density at radius 3 is 2.40 bits per heavy atom.